The zero-order chi connectivity index (χ0) is 57.1. The normalized spacial score (nSPS) is 12.6. The first-order chi connectivity index (χ1) is 39.0. The highest BCUT2D eigenvalue weighted by Crippen LogP contribution is 2.19. The Bertz CT molecular complexity index is 1230. The van der Waals surface area contributed by atoms with E-state index in [-0.39, 0.29) is 18.5 Å². The van der Waals surface area contributed by atoms with E-state index in [1.165, 1.54) is 340 Å². The van der Waals surface area contributed by atoms with Gasteiger partial charge in [0, 0.05) is 12.8 Å². The number of esters is 1. The van der Waals surface area contributed by atoms with Crippen LogP contribution in [-0.4, -0.2) is 47.4 Å². The fraction of sp³-hybridized carbons (Fsp3) is 0.918. The Morgan fingerprint density at radius 3 is 0.899 bits per heavy atom. The molecular weight excluding hydrogens is 971 g/mol. The lowest BCUT2D eigenvalue weighted by Crippen LogP contribution is -2.45. The molecule has 2 unspecified atom stereocenters. The minimum atomic E-state index is -0.847. The first kappa shape index (κ1) is 77.3. The van der Waals surface area contributed by atoms with Gasteiger partial charge in [0.15, 0.2) is 0 Å². The molecule has 2 atom stereocenters. The van der Waals surface area contributed by atoms with E-state index in [9.17, 15) is 19.8 Å². The molecule has 0 aromatic rings. The van der Waals surface area contributed by atoms with Crippen LogP contribution in [0.3, 0.4) is 0 Å². The molecule has 1 amide bonds. The van der Waals surface area contributed by atoms with E-state index in [4.69, 9.17) is 4.74 Å². The van der Waals surface area contributed by atoms with E-state index >= 15 is 0 Å². The Morgan fingerprint density at radius 1 is 0.342 bits per heavy atom. The number of allylic oxidation sites excluding steroid dienone is 3. The maximum Gasteiger partial charge on any atom is 0.305 e. The second kappa shape index (κ2) is 68.8. The van der Waals surface area contributed by atoms with Crippen molar-refractivity contribution in [1.29, 1.82) is 0 Å². The zero-order valence-electron chi connectivity index (χ0n) is 53.6. The van der Waals surface area contributed by atoms with Crippen LogP contribution in [0.25, 0.3) is 0 Å². The van der Waals surface area contributed by atoms with Crippen LogP contribution >= 0.6 is 0 Å². The zero-order valence-corrected chi connectivity index (χ0v) is 53.6. The molecule has 0 radical (unpaired) electrons. The summed E-state index contributed by atoms with van der Waals surface area (Å²) in [7, 11) is 0. The van der Waals surface area contributed by atoms with Gasteiger partial charge in [0.2, 0.25) is 5.91 Å². The third-order valence-corrected chi connectivity index (χ3v) is 17.0. The Kier molecular flexibility index (Phi) is 67.4. The number of amides is 1. The van der Waals surface area contributed by atoms with Crippen LogP contribution < -0.4 is 5.32 Å². The van der Waals surface area contributed by atoms with E-state index in [1.54, 1.807) is 6.08 Å². The lowest BCUT2D eigenvalue weighted by atomic mass is 10.0. The molecule has 0 aliphatic rings. The number of hydrogen-bond acceptors (Lipinski definition) is 5. The van der Waals surface area contributed by atoms with Crippen molar-refractivity contribution in [2.45, 2.75) is 418 Å². The second-order valence-corrected chi connectivity index (χ2v) is 24.9. The number of nitrogens with one attached hydrogen (secondary N) is 1. The largest absolute Gasteiger partial charge is 0.466 e. The number of unbranched alkanes of at least 4 members (excludes halogenated alkanes) is 55. The summed E-state index contributed by atoms with van der Waals surface area (Å²) in [4.78, 5) is 24.6. The van der Waals surface area contributed by atoms with Crippen LogP contribution in [0, 0.1) is 0 Å². The third-order valence-electron chi connectivity index (χ3n) is 17.0. The van der Waals surface area contributed by atoms with Gasteiger partial charge in [0.05, 0.1) is 25.4 Å². The van der Waals surface area contributed by atoms with Gasteiger partial charge in [0.1, 0.15) is 0 Å². The number of carbonyl (C=O) groups excluding carboxylic acids is 2. The van der Waals surface area contributed by atoms with Crippen molar-refractivity contribution in [3.8, 4) is 0 Å². The van der Waals surface area contributed by atoms with Gasteiger partial charge >= 0.3 is 5.97 Å². The Hall–Kier alpha value is -1.66. The molecule has 6 heteroatoms. The maximum atomic E-state index is 12.5. The fourth-order valence-corrected chi connectivity index (χ4v) is 11.5. The number of hydrogen-bond donors (Lipinski definition) is 3. The average Bonchev–Trinajstić information content (AvgIpc) is 3.45. The molecular formula is C73H141NO5. The van der Waals surface area contributed by atoms with Crippen molar-refractivity contribution in [3.63, 3.8) is 0 Å². The second-order valence-electron chi connectivity index (χ2n) is 24.9. The maximum absolute atomic E-state index is 12.5. The molecule has 79 heavy (non-hydrogen) atoms. The van der Waals surface area contributed by atoms with Crippen LogP contribution in [0.5, 0.6) is 0 Å². The quantitative estimate of drug-likeness (QED) is 0.0320. The van der Waals surface area contributed by atoms with Crippen molar-refractivity contribution in [2.75, 3.05) is 13.2 Å². The van der Waals surface area contributed by atoms with Gasteiger partial charge in [-0.2, -0.15) is 0 Å². The predicted octanol–water partition coefficient (Wildman–Crippen LogP) is 23.3. The molecule has 0 saturated heterocycles. The first-order valence-electron chi connectivity index (χ1n) is 36.1. The lowest BCUT2D eigenvalue weighted by Gasteiger charge is -2.20. The minimum Gasteiger partial charge on any atom is -0.466 e. The molecule has 0 aromatic heterocycles. The predicted molar refractivity (Wildman–Crippen MR) is 347 cm³/mol. The summed E-state index contributed by atoms with van der Waals surface area (Å²) in [5, 5.41) is 23.3. The highest BCUT2D eigenvalue weighted by molar-refractivity contribution is 5.76. The third kappa shape index (κ3) is 65.4. The van der Waals surface area contributed by atoms with Gasteiger partial charge in [-0.25, -0.2) is 0 Å². The number of rotatable bonds is 68. The Balaban J connectivity index is 3.41. The summed E-state index contributed by atoms with van der Waals surface area (Å²) in [6.07, 6.45) is 86.9. The van der Waals surface area contributed by atoms with Crippen LogP contribution in [0.1, 0.15) is 406 Å². The molecule has 0 fully saturated rings. The Labute approximate surface area is 494 Å². The van der Waals surface area contributed by atoms with Crippen LogP contribution in [0.2, 0.25) is 0 Å². The van der Waals surface area contributed by atoms with E-state index in [1.807, 2.05) is 6.08 Å². The molecule has 0 spiro atoms. The molecule has 0 bridgehead atoms. The van der Waals surface area contributed by atoms with Crippen molar-refractivity contribution in [1.82, 2.24) is 5.32 Å². The van der Waals surface area contributed by atoms with Crippen molar-refractivity contribution < 1.29 is 24.5 Å². The SMILES string of the molecule is CCCCCCCCCCCCCCCCCCCCCC/C=C/C(O)C(CO)NC(=O)CCCCCCCCCCC/C=C\CCCCCCCCCCCCCCOC(=O)CCCCCCCCCCCCCCCCC. The number of carbonyl (C=O) groups is 2. The highest BCUT2D eigenvalue weighted by atomic mass is 16.5. The molecule has 6 nitrogen and oxygen atoms in total. The molecule has 0 aromatic carbocycles. The van der Waals surface area contributed by atoms with Crippen LogP contribution in [0.15, 0.2) is 24.3 Å². The Morgan fingerprint density at radius 2 is 0.595 bits per heavy atom. The van der Waals surface area contributed by atoms with Gasteiger partial charge in [-0.05, 0) is 57.8 Å². The summed E-state index contributed by atoms with van der Waals surface area (Å²) < 4.78 is 5.50. The molecule has 0 rings (SSSR count). The highest BCUT2D eigenvalue weighted by Gasteiger charge is 2.18. The molecule has 0 heterocycles. The summed E-state index contributed by atoms with van der Waals surface area (Å²) in [6.45, 7) is 4.95. The molecule has 0 saturated carbocycles. The number of aliphatic hydroxyl groups excluding tert-OH is 2. The smallest absolute Gasteiger partial charge is 0.305 e. The molecule has 0 aliphatic carbocycles. The van der Waals surface area contributed by atoms with Crippen LogP contribution in [-0.2, 0) is 14.3 Å². The van der Waals surface area contributed by atoms with Crippen molar-refractivity contribution in [3.05, 3.63) is 24.3 Å². The first-order valence-corrected chi connectivity index (χ1v) is 36.1. The van der Waals surface area contributed by atoms with E-state index in [0.29, 0.717) is 19.4 Å². The van der Waals surface area contributed by atoms with E-state index < -0.39 is 12.1 Å². The standard InChI is InChI=1S/C73H141NO5/c1-3-5-7-9-11-13-15-17-19-20-21-22-28-31-34-38-41-45-49-53-57-61-65-71(76)70(69-75)74-72(77)66-62-58-54-50-46-42-39-35-32-29-26-24-23-25-27-30-33-36-40-44-48-52-56-60-64-68-79-73(78)67-63-59-55-51-47-43-37-18-16-14-12-10-8-6-4-2/h24,26,61,65,70-71,75-76H,3-23,25,27-60,62-64,66-69H2,1-2H3,(H,74,77)/b26-24-,65-61+. The molecule has 3 N–H and O–H groups in total. The van der Waals surface area contributed by atoms with E-state index in [0.717, 1.165) is 38.5 Å². The number of aliphatic hydroxyl groups is 2. The minimum absolute atomic E-state index is 0.0168. The van der Waals surface area contributed by atoms with Gasteiger partial charge in [-0.3, -0.25) is 9.59 Å². The van der Waals surface area contributed by atoms with Gasteiger partial charge < -0.3 is 20.3 Å². The van der Waals surface area contributed by atoms with Gasteiger partial charge in [-0.15, -0.1) is 0 Å². The summed E-state index contributed by atoms with van der Waals surface area (Å²) in [5.74, 6) is -0.0499. The summed E-state index contributed by atoms with van der Waals surface area (Å²) in [6, 6.07) is -0.631. The molecule has 0 aliphatic heterocycles. The van der Waals surface area contributed by atoms with Gasteiger partial charge in [0.25, 0.3) is 0 Å². The monoisotopic (exact) mass is 1110 g/mol. The van der Waals surface area contributed by atoms with E-state index in [2.05, 4.69) is 31.3 Å². The summed E-state index contributed by atoms with van der Waals surface area (Å²) in [5.41, 5.74) is 0. The topological polar surface area (TPSA) is 95.9 Å². The van der Waals surface area contributed by atoms with Crippen molar-refractivity contribution >= 4 is 11.9 Å². The fourth-order valence-electron chi connectivity index (χ4n) is 11.5. The van der Waals surface area contributed by atoms with Crippen molar-refractivity contribution in [2.24, 2.45) is 0 Å². The molecule has 468 valence electrons. The lowest BCUT2D eigenvalue weighted by molar-refractivity contribution is -0.143. The average molecular weight is 1110 g/mol. The summed E-state index contributed by atoms with van der Waals surface area (Å²) >= 11 is 0. The van der Waals surface area contributed by atoms with Crippen LogP contribution in [0.4, 0.5) is 0 Å². The van der Waals surface area contributed by atoms with Gasteiger partial charge in [-0.1, -0.05) is 359 Å². The number of ether oxygens (including phenoxy) is 1.